The molecule has 0 bridgehead atoms. The lowest BCUT2D eigenvalue weighted by Gasteiger charge is -2.27. The summed E-state index contributed by atoms with van der Waals surface area (Å²) in [5, 5.41) is 0. The highest BCUT2D eigenvalue weighted by Crippen LogP contribution is 2.30. The van der Waals surface area contributed by atoms with Crippen LogP contribution in [0.3, 0.4) is 0 Å². The number of amides is 1. The smallest absolute Gasteiger partial charge is 0.309 e. The fourth-order valence-corrected chi connectivity index (χ4v) is 3.89. The highest BCUT2D eigenvalue weighted by atomic mass is 32.2. The van der Waals surface area contributed by atoms with Crippen LogP contribution >= 0.6 is 0 Å². The van der Waals surface area contributed by atoms with Crippen LogP contribution in [0.15, 0.2) is 72.8 Å². The summed E-state index contributed by atoms with van der Waals surface area (Å²) in [7, 11) is -2.27. The van der Waals surface area contributed by atoms with Gasteiger partial charge in [0.15, 0.2) is 11.5 Å². The van der Waals surface area contributed by atoms with Crippen molar-refractivity contribution in [3.63, 3.8) is 0 Å². The third-order valence-electron chi connectivity index (χ3n) is 5.27. The Labute approximate surface area is 195 Å². The van der Waals surface area contributed by atoms with Gasteiger partial charge in [-0.25, -0.2) is 0 Å². The van der Waals surface area contributed by atoms with Crippen molar-refractivity contribution in [3.8, 4) is 22.6 Å². The molecule has 7 heteroatoms. The van der Waals surface area contributed by atoms with E-state index >= 15 is 0 Å². The molecule has 0 spiro atoms. The number of carbonyl (C=O) groups excluding carboxylic acids is 1. The minimum Gasteiger partial charge on any atom is -0.493 e. The average Bonchev–Trinajstić information content (AvgIpc) is 2.82. The molecular weight excluding hydrogens is 438 g/mol. The minimum absolute atomic E-state index is 0.0721. The van der Waals surface area contributed by atoms with E-state index in [1.165, 1.54) is 14.0 Å². The van der Waals surface area contributed by atoms with Crippen molar-refractivity contribution in [2.45, 2.75) is 33.4 Å². The number of hydrogen-bond acceptors (Lipinski definition) is 5. The van der Waals surface area contributed by atoms with E-state index in [4.69, 9.17) is 8.92 Å². The first-order chi connectivity index (χ1) is 15.7. The number of rotatable bonds is 9. The summed E-state index contributed by atoms with van der Waals surface area (Å²) >= 11 is 0. The van der Waals surface area contributed by atoms with Gasteiger partial charge in [0, 0.05) is 18.2 Å². The first kappa shape index (κ1) is 24.3. The lowest BCUT2D eigenvalue weighted by molar-refractivity contribution is 0.0690. The van der Waals surface area contributed by atoms with Crippen molar-refractivity contribution in [3.05, 3.63) is 83.9 Å². The van der Waals surface area contributed by atoms with E-state index in [-0.39, 0.29) is 23.5 Å². The van der Waals surface area contributed by atoms with Gasteiger partial charge in [-0.2, -0.15) is 8.42 Å². The Morgan fingerprint density at radius 3 is 2.12 bits per heavy atom. The highest BCUT2D eigenvalue weighted by Gasteiger charge is 2.21. The maximum Gasteiger partial charge on any atom is 0.309 e. The van der Waals surface area contributed by atoms with E-state index in [0.29, 0.717) is 17.9 Å². The summed E-state index contributed by atoms with van der Waals surface area (Å²) < 4.78 is 34.4. The SMILES string of the molecule is CCS(=O)(=O)Oc1cc(CN(C(=O)c2ccc(-c3ccccc3)cc2)C(C)C)ccc1OC. The van der Waals surface area contributed by atoms with Gasteiger partial charge in [0.2, 0.25) is 0 Å². The monoisotopic (exact) mass is 467 g/mol. The van der Waals surface area contributed by atoms with Gasteiger partial charge in [0.05, 0.1) is 12.9 Å². The van der Waals surface area contributed by atoms with Crippen molar-refractivity contribution in [1.82, 2.24) is 4.90 Å². The molecule has 3 aromatic carbocycles. The van der Waals surface area contributed by atoms with Gasteiger partial charge >= 0.3 is 10.1 Å². The number of nitrogens with zero attached hydrogens (tertiary/aromatic N) is 1. The predicted octanol–water partition coefficient (Wildman–Crippen LogP) is 5.14. The van der Waals surface area contributed by atoms with E-state index in [1.807, 2.05) is 68.4 Å². The van der Waals surface area contributed by atoms with Gasteiger partial charge in [-0.3, -0.25) is 4.79 Å². The first-order valence-corrected chi connectivity index (χ1v) is 12.4. The number of carbonyl (C=O) groups is 1. The zero-order chi connectivity index (χ0) is 24.0. The number of ether oxygens (including phenoxy) is 1. The van der Waals surface area contributed by atoms with E-state index in [2.05, 4.69) is 0 Å². The van der Waals surface area contributed by atoms with Crippen LogP contribution < -0.4 is 8.92 Å². The van der Waals surface area contributed by atoms with Crippen molar-refractivity contribution in [1.29, 1.82) is 0 Å². The van der Waals surface area contributed by atoms with Crippen LogP contribution in [0.25, 0.3) is 11.1 Å². The van der Waals surface area contributed by atoms with Crippen LogP contribution in [0.5, 0.6) is 11.5 Å². The fraction of sp³-hybridized carbons (Fsp3) is 0.269. The van der Waals surface area contributed by atoms with Gasteiger partial charge in [0.25, 0.3) is 5.91 Å². The molecule has 0 aliphatic heterocycles. The minimum atomic E-state index is -3.71. The standard InChI is InChI=1S/C26H29NO5S/c1-5-33(29,30)32-25-17-20(11-16-24(25)31-4)18-27(19(2)3)26(28)23-14-12-22(13-15-23)21-9-7-6-8-10-21/h6-17,19H,5,18H2,1-4H3. The summed E-state index contributed by atoms with van der Waals surface area (Å²) in [4.78, 5) is 15.0. The highest BCUT2D eigenvalue weighted by molar-refractivity contribution is 7.87. The summed E-state index contributed by atoms with van der Waals surface area (Å²) in [6.07, 6.45) is 0. The van der Waals surface area contributed by atoms with Crippen LogP contribution in [0.2, 0.25) is 0 Å². The molecule has 0 heterocycles. The zero-order valence-electron chi connectivity index (χ0n) is 19.3. The molecule has 0 saturated carbocycles. The van der Waals surface area contributed by atoms with Gasteiger partial charge in [-0.15, -0.1) is 0 Å². The Morgan fingerprint density at radius 1 is 0.909 bits per heavy atom. The molecule has 6 nitrogen and oxygen atoms in total. The molecule has 0 unspecified atom stereocenters. The number of hydrogen-bond donors (Lipinski definition) is 0. The molecule has 1 amide bonds. The second-order valence-electron chi connectivity index (χ2n) is 7.89. The van der Waals surface area contributed by atoms with E-state index in [0.717, 1.165) is 16.7 Å². The van der Waals surface area contributed by atoms with Crippen molar-refractivity contribution >= 4 is 16.0 Å². The quantitative estimate of drug-likeness (QED) is 0.407. The maximum atomic E-state index is 13.3. The molecule has 174 valence electrons. The zero-order valence-corrected chi connectivity index (χ0v) is 20.1. The predicted molar refractivity (Wildman–Crippen MR) is 130 cm³/mol. The van der Waals surface area contributed by atoms with Gasteiger partial charge in [0.1, 0.15) is 0 Å². The van der Waals surface area contributed by atoms with Crippen molar-refractivity contribution in [2.24, 2.45) is 0 Å². The molecule has 0 fully saturated rings. The Kier molecular flexibility index (Phi) is 7.76. The molecule has 0 aliphatic rings. The molecule has 3 rings (SSSR count). The lowest BCUT2D eigenvalue weighted by Crippen LogP contribution is -2.36. The number of benzene rings is 3. The van der Waals surface area contributed by atoms with Crippen LogP contribution in [0.4, 0.5) is 0 Å². The molecule has 0 N–H and O–H groups in total. The fourth-order valence-electron chi connectivity index (χ4n) is 3.37. The third-order valence-corrected chi connectivity index (χ3v) is 6.42. The largest absolute Gasteiger partial charge is 0.493 e. The molecular formula is C26H29NO5S. The van der Waals surface area contributed by atoms with Crippen molar-refractivity contribution in [2.75, 3.05) is 12.9 Å². The van der Waals surface area contributed by atoms with Crippen LogP contribution in [-0.2, 0) is 16.7 Å². The van der Waals surface area contributed by atoms with Gasteiger partial charge in [-0.05, 0) is 61.7 Å². The summed E-state index contributed by atoms with van der Waals surface area (Å²) in [6.45, 7) is 5.69. The third kappa shape index (κ3) is 6.14. The van der Waals surface area contributed by atoms with E-state index < -0.39 is 10.1 Å². The molecule has 0 radical (unpaired) electrons. The van der Waals surface area contributed by atoms with E-state index in [9.17, 15) is 13.2 Å². The van der Waals surface area contributed by atoms with E-state index in [1.54, 1.807) is 23.1 Å². The Bertz CT molecular complexity index is 1190. The molecule has 3 aromatic rings. The lowest BCUT2D eigenvalue weighted by atomic mass is 10.0. The number of methoxy groups -OCH3 is 1. The summed E-state index contributed by atoms with van der Waals surface area (Å²) in [5.41, 5.74) is 3.45. The Morgan fingerprint density at radius 2 is 1.55 bits per heavy atom. The summed E-state index contributed by atoms with van der Waals surface area (Å²) in [5.74, 6) is 0.162. The van der Waals surface area contributed by atoms with Crippen LogP contribution in [0.1, 0.15) is 36.7 Å². The molecule has 0 atom stereocenters. The average molecular weight is 468 g/mol. The molecule has 0 aliphatic carbocycles. The Balaban J connectivity index is 1.84. The van der Waals surface area contributed by atoms with Crippen LogP contribution in [-0.4, -0.2) is 38.1 Å². The normalized spacial score (nSPS) is 11.3. The molecule has 0 saturated heterocycles. The second-order valence-corrected chi connectivity index (χ2v) is 9.74. The van der Waals surface area contributed by atoms with Crippen LogP contribution in [0, 0.1) is 0 Å². The maximum absolute atomic E-state index is 13.3. The van der Waals surface area contributed by atoms with Gasteiger partial charge < -0.3 is 13.8 Å². The van der Waals surface area contributed by atoms with Gasteiger partial charge in [-0.1, -0.05) is 48.5 Å². The topological polar surface area (TPSA) is 72.9 Å². The van der Waals surface area contributed by atoms with Crippen molar-refractivity contribution < 1.29 is 22.1 Å². The Hall–Kier alpha value is -3.32. The summed E-state index contributed by atoms with van der Waals surface area (Å²) in [6, 6.07) is 22.5. The second kappa shape index (κ2) is 10.5. The first-order valence-electron chi connectivity index (χ1n) is 10.8. The molecule has 0 aromatic heterocycles. The molecule has 33 heavy (non-hydrogen) atoms.